The SMILES string of the molecule is CN(C(=O)CCn1ccnc1)c1cn(-c2cccnc2)nc1Cl. The first-order chi connectivity index (χ1) is 11.1. The first-order valence-electron chi connectivity index (χ1n) is 7.03. The summed E-state index contributed by atoms with van der Waals surface area (Å²) in [4.78, 5) is 21.8. The zero-order valence-corrected chi connectivity index (χ0v) is 13.3. The highest BCUT2D eigenvalue weighted by atomic mass is 35.5. The minimum atomic E-state index is -0.0497. The van der Waals surface area contributed by atoms with Crippen molar-refractivity contribution in [3.8, 4) is 5.69 Å². The summed E-state index contributed by atoms with van der Waals surface area (Å²) < 4.78 is 3.46. The number of rotatable bonds is 5. The van der Waals surface area contributed by atoms with Gasteiger partial charge < -0.3 is 9.47 Å². The summed E-state index contributed by atoms with van der Waals surface area (Å²) in [6.07, 6.45) is 10.6. The highest BCUT2D eigenvalue weighted by Gasteiger charge is 2.17. The van der Waals surface area contributed by atoms with Crippen LogP contribution in [0.5, 0.6) is 0 Å². The molecule has 7 nitrogen and oxygen atoms in total. The van der Waals surface area contributed by atoms with E-state index in [0.717, 1.165) is 5.69 Å². The fraction of sp³-hybridized carbons (Fsp3) is 0.200. The first-order valence-corrected chi connectivity index (χ1v) is 7.41. The second kappa shape index (κ2) is 6.62. The molecule has 118 valence electrons. The highest BCUT2D eigenvalue weighted by molar-refractivity contribution is 6.32. The number of hydrogen-bond donors (Lipinski definition) is 0. The van der Waals surface area contributed by atoms with E-state index in [9.17, 15) is 4.79 Å². The molecular formula is C15H15ClN6O. The van der Waals surface area contributed by atoms with E-state index < -0.39 is 0 Å². The predicted molar refractivity (Wildman–Crippen MR) is 86.6 cm³/mol. The summed E-state index contributed by atoms with van der Waals surface area (Å²) in [6.45, 7) is 0.567. The molecule has 0 spiro atoms. The van der Waals surface area contributed by atoms with Gasteiger partial charge in [-0.25, -0.2) is 9.67 Å². The van der Waals surface area contributed by atoms with E-state index in [0.29, 0.717) is 18.7 Å². The van der Waals surface area contributed by atoms with E-state index in [2.05, 4.69) is 15.1 Å². The van der Waals surface area contributed by atoms with Gasteiger partial charge in [-0.3, -0.25) is 9.78 Å². The zero-order chi connectivity index (χ0) is 16.2. The van der Waals surface area contributed by atoms with Crippen molar-refractivity contribution >= 4 is 23.2 Å². The van der Waals surface area contributed by atoms with E-state index in [1.807, 2.05) is 22.9 Å². The van der Waals surface area contributed by atoms with Crippen LogP contribution in [0.3, 0.4) is 0 Å². The number of imidazole rings is 1. The second-order valence-corrected chi connectivity index (χ2v) is 5.32. The molecule has 0 N–H and O–H groups in total. The molecule has 0 unspecified atom stereocenters. The summed E-state index contributed by atoms with van der Waals surface area (Å²) in [6, 6.07) is 3.67. The lowest BCUT2D eigenvalue weighted by Gasteiger charge is -2.15. The molecule has 3 aromatic rings. The average molecular weight is 331 g/mol. The number of halogens is 1. The summed E-state index contributed by atoms with van der Waals surface area (Å²) in [5.74, 6) is -0.0497. The monoisotopic (exact) mass is 330 g/mol. The van der Waals surface area contributed by atoms with Gasteiger partial charge in [-0.15, -0.1) is 0 Å². The molecular weight excluding hydrogens is 316 g/mol. The molecule has 0 aliphatic rings. The van der Waals surface area contributed by atoms with Crippen LogP contribution in [0.15, 0.2) is 49.4 Å². The molecule has 0 saturated carbocycles. The fourth-order valence-electron chi connectivity index (χ4n) is 2.14. The second-order valence-electron chi connectivity index (χ2n) is 4.96. The van der Waals surface area contributed by atoms with Gasteiger partial charge in [-0.05, 0) is 12.1 Å². The van der Waals surface area contributed by atoms with Crippen molar-refractivity contribution in [2.45, 2.75) is 13.0 Å². The summed E-state index contributed by atoms with van der Waals surface area (Å²) in [5, 5.41) is 4.50. The maximum Gasteiger partial charge on any atom is 0.228 e. The molecule has 23 heavy (non-hydrogen) atoms. The number of aryl methyl sites for hydroxylation is 1. The van der Waals surface area contributed by atoms with Crippen LogP contribution in [-0.2, 0) is 11.3 Å². The summed E-state index contributed by atoms with van der Waals surface area (Å²) in [7, 11) is 1.69. The van der Waals surface area contributed by atoms with Crippen LogP contribution in [0, 0.1) is 0 Å². The van der Waals surface area contributed by atoms with Crippen molar-refractivity contribution in [3.63, 3.8) is 0 Å². The van der Waals surface area contributed by atoms with Crippen LogP contribution in [0.2, 0.25) is 5.15 Å². The average Bonchev–Trinajstić information content (AvgIpc) is 3.22. The van der Waals surface area contributed by atoms with Gasteiger partial charge in [0.1, 0.15) is 5.69 Å². The molecule has 0 atom stereocenters. The van der Waals surface area contributed by atoms with Crippen LogP contribution in [0.25, 0.3) is 5.69 Å². The Morgan fingerprint density at radius 2 is 2.22 bits per heavy atom. The maximum atomic E-state index is 12.3. The van der Waals surface area contributed by atoms with Gasteiger partial charge in [-0.2, -0.15) is 5.10 Å². The van der Waals surface area contributed by atoms with Crippen LogP contribution in [-0.4, -0.2) is 37.3 Å². The van der Waals surface area contributed by atoms with E-state index in [1.165, 1.54) is 4.90 Å². The Morgan fingerprint density at radius 3 is 2.91 bits per heavy atom. The third-order valence-electron chi connectivity index (χ3n) is 3.44. The van der Waals surface area contributed by atoms with Crippen LogP contribution in [0.1, 0.15) is 6.42 Å². The number of nitrogens with zero attached hydrogens (tertiary/aromatic N) is 6. The predicted octanol–water partition coefficient (Wildman–Crippen LogP) is 2.17. The molecule has 0 aliphatic heterocycles. The zero-order valence-electron chi connectivity index (χ0n) is 12.5. The molecule has 0 aliphatic carbocycles. The van der Waals surface area contributed by atoms with Crippen molar-refractivity contribution in [2.75, 3.05) is 11.9 Å². The number of amides is 1. The Balaban J connectivity index is 1.73. The first kappa shape index (κ1) is 15.2. The smallest absolute Gasteiger partial charge is 0.228 e. The number of aromatic nitrogens is 5. The minimum absolute atomic E-state index is 0.0497. The summed E-state index contributed by atoms with van der Waals surface area (Å²) in [5.41, 5.74) is 1.34. The Labute approximate surface area is 138 Å². The standard InChI is InChI=1S/C15H15ClN6O/c1-20(14(23)4-7-21-8-6-18-11-21)13-10-22(19-15(13)16)12-3-2-5-17-9-12/h2-3,5-6,8-11H,4,7H2,1H3. The molecule has 0 bridgehead atoms. The fourth-order valence-corrected chi connectivity index (χ4v) is 2.39. The molecule has 0 radical (unpaired) electrons. The van der Waals surface area contributed by atoms with Crippen molar-refractivity contribution in [1.29, 1.82) is 0 Å². The molecule has 3 heterocycles. The Morgan fingerprint density at radius 1 is 1.35 bits per heavy atom. The minimum Gasteiger partial charge on any atom is -0.337 e. The topological polar surface area (TPSA) is 68.8 Å². The number of hydrogen-bond acceptors (Lipinski definition) is 4. The molecule has 0 saturated heterocycles. The van der Waals surface area contributed by atoms with Gasteiger partial charge in [0.2, 0.25) is 5.91 Å². The van der Waals surface area contributed by atoms with E-state index in [1.54, 1.807) is 42.8 Å². The van der Waals surface area contributed by atoms with Gasteiger partial charge in [-0.1, -0.05) is 11.6 Å². The number of carbonyl (C=O) groups is 1. The van der Waals surface area contributed by atoms with E-state index in [4.69, 9.17) is 11.6 Å². The maximum absolute atomic E-state index is 12.3. The quantitative estimate of drug-likeness (QED) is 0.719. The van der Waals surface area contributed by atoms with Gasteiger partial charge in [0.05, 0.1) is 24.4 Å². The van der Waals surface area contributed by atoms with Crippen molar-refractivity contribution < 1.29 is 4.79 Å². The number of anilines is 1. The lowest BCUT2D eigenvalue weighted by atomic mass is 10.3. The molecule has 3 rings (SSSR count). The van der Waals surface area contributed by atoms with Crippen molar-refractivity contribution in [3.05, 3.63) is 54.6 Å². The van der Waals surface area contributed by atoms with Crippen LogP contribution < -0.4 is 4.90 Å². The van der Waals surface area contributed by atoms with Crippen molar-refractivity contribution in [2.24, 2.45) is 0 Å². The van der Waals surface area contributed by atoms with Crippen molar-refractivity contribution in [1.82, 2.24) is 24.3 Å². The molecule has 1 amide bonds. The highest BCUT2D eigenvalue weighted by Crippen LogP contribution is 2.25. The van der Waals surface area contributed by atoms with Gasteiger partial charge >= 0.3 is 0 Å². The van der Waals surface area contributed by atoms with Crippen LogP contribution in [0.4, 0.5) is 5.69 Å². The van der Waals surface area contributed by atoms with E-state index >= 15 is 0 Å². The number of carbonyl (C=O) groups excluding carboxylic acids is 1. The van der Waals surface area contributed by atoms with Crippen LogP contribution >= 0.6 is 11.6 Å². The third-order valence-corrected chi connectivity index (χ3v) is 3.71. The lowest BCUT2D eigenvalue weighted by Crippen LogP contribution is -2.27. The van der Waals surface area contributed by atoms with Gasteiger partial charge in [0.15, 0.2) is 5.15 Å². The Kier molecular flexibility index (Phi) is 4.38. The normalized spacial score (nSPS) is 10.7. The molecule has 0 aromatic carbocycles. The Bertz CT molecular complexity index is 784. The molecule has 0 fully saturated rings. The van der Waals surface area contributed by atoms with Gasteiger partial charge in [0.25, 0.3) is 0 Å². The number of pyridine rings is 1. The lowest BCUT2D eigenvalue weighted by molar-refractivity contribution is -0.118. The Hall–Kier alpha value is -2.67. The third kappa shape index (κ3) is 3.40. The van der Waals surface area contributed by atoms with E-state index in [-0.39, 0.29) is 11.1 Å². The summed E-state index contributed by atoms with van der Waals surface area (Å²) >= 11 is 6.17. The largest absolute Gasteiger partial charge is 0.337 e. The molecule has 3 aromatic heterocycles. The molecule has 8 heteroatoms. The van der Waals surface area contributed by atoms with Gasteiger partial charge in [0, 0.05) is 38.6 Å².